The molecule has 2 bridgehead atoms. The molecule has 1 saturated carbocycles. The molecule has 7 heteroatoms. The Kier molecular flexibility index (Phi) is 3.33. The number of nitrogens with zero attached hydrogens (tertiary/aromatic N) is 3. The van der Waals surface area contributed by atoms with Gasteiger partial charge in [-0.25, -0.2) is 4.79 Å². The molecule has 1 unspecified atom stereocenters. The molecule has 2 fully saturated rings. The topological polar surface area (TPSA) is 87.6 Å². The number of aromatic nitrogens is 2. The average Bonchev–Trinajstić information content (AvgIpc) is 2.69. The first-order chi connectivity index (χ1) is 9.67. The van der Waals surface area contributed by atoms with Gasteiger partial charge in [0.2, 0.25) is 5.88 Å². The lowest BCUT2D eigenvalue weighted by Gasteiger charge is -2.38. The Hall–Kier alpha value is -2.05. The summed E-state index contributed by atoms with van der Waals surface area (Å²) in [7, 11) is 1.57. The van der Waals surface area contributed by atoms with Crippen molar-refractivity contribution in [1.29, 1.82) is 0 Å². The molecule has 1 aromatic heterocycles. The minimum absolute atomic E-state index is 0.0837. The van der Waals surface area contributed by atoms with Crippen LogP contribution in [-0.2, 0) is 0 Å². The van der Waals surface area contributed by atoms with Crippen LogP contribution in [0.25, 0.3) is 0 Å². The Balaban J connectivity index is 1.74. The van der Waals surface area contributed by atoms with E-state index in [2.05, 4.69) is 20.4 Å². The predicted octanol–water partition coefficient (Wildman–Crippen LogP) is 0.968. The lowest BCUT2D eigenvalue weighted by Crippen LogP contribution is -2.52. The number of rotatable bonds is 3. The van der Waals surface area contributed by atoms with Gasteiger partial charge in [-0.2, -0.15) is 5.10 Å². The van der Waals surface area contributed by atoms with Gasteiger partial charge in [-0.3, -0.25) is 0 Å². The largest absolute Gasteiger partial charge is 0.480 e. The van der Waals surface area contributed by atoms with Gasteiger partial charge in [-0.15, -0.1) is 5.10 Å². The van der Waals surface area contributed by atoms with Gasteiger partial charge in [0.25, 0.3) is 0 Å². The molecule has 2 heterocycles. The van der Waals surface area contributed by atoms with Gasteiger partial charge >= 0.3 is 6.09 Å². The monoisotopic (exact) mass is 278 g/mol. The molecule has 3 atom stereocenters. The Morgan fingerprint density at radius 2 is 2.15 bits per heavy atom. The number of carboxylic acid groups (broad SMARTS) is 1. The first-order valence-corrected chi connectivity index (χ1v) is 6.78. The number of ether oxygens (including phenoxy) is 1. The lowest BCUT2D eigenvalue weighted by molar-refractivity contribution is 0.178. The minimum Gasteiger partial charge on any atom is -0.480 e. The van der Waals surface area contributed by atoms with Crippen molar-refractivity contribution in [3.63, 3.8) is 0 Å². The summed E-state index contributed by atoms with van der Waals surface area (Å²) in [6.07, 6.45) is 2.95. The number of fused-ring (bicyclic) bond motifs is 2. The molecule has 7 nitrogen and oxygen atoms in total. The molecule has 1 aliphatic carbocycles. The summed E-state index contributed by atoms with van der Waals surface area (Å²) in [5.41, 5.74) is 0.988. The Morgan fingerprint density at radius 3 is 2.75 bits per heavy atom. The predicted molar refractivity (Wildman–Crippen MR) is 72.0 cm³/mol. The highest BCUT2D eigenvalue weighted by Gasteiger charge is 2.42. The Morgan fingerprint density at radius 1 is 1.45 bits per heavy atom. The highest BCUT2D eigenvalue weighted by Crippen LogP contribution is 2.38. The van der Waals surface area contributed by atoms with Gasteiger partial charge in [0, 0.05) is 25.2 Å². The highest BCUT2D eigenvalue weighted by molar-refractivity contribution is 5.65. The first-order valence-electron chi connectivity index (χ1n) is 6.78. The van der Waals surface area contributed by atoms with Crippen LogP contribution >= 0.6 is 0 Å². The average molecular weight is 278 g/mol. The quantitative estimate of drug-likeness (QED) is 0.856. The van der Waals surface area contributed by atoms with E-state index in [9.17, 15) is 4.79 Å². The molecule has 3 rings (SSSR count). The number of piperidine rings is 1. The van der Waals surface area contributed by atoms with Crippen molar-refractivity contribution in [2.75, 3.05) is 25.1 Å². The van der Waals surface area contributed by atoms with Crippen molar-refractivity contribution in [1.82, 2.24) is 15.5 Å². The maximum atomic E-state index is 10.9. The summed E-state index contributed by atoms with van der Waals surface area (Å²) < 4.78 is 5.10. The van der Waals surface area contributed by atoms with Gasteiger partial charge < -0.3 is 20.1 Å². The second-order valence-electron chi connectivity index (χ2n) is 5.43. The van der Waals surface area contributed by atoms with Crippen molar-refractivity contribution in [3.8, 4) is 5.88 Å². The zero-order valence-corrected chi connectivity index (χ0v) is 11.3. The summed E-state index contributed by atoms with van der Waals surface area (Å²) >= 11 is 0. The molecule has 0 spiro atoms. The molecule has 1 aromatic rings. The van der Waals surface area contributed by atoms with E-state index < -0.39 is 6.09 Å². The van der Waals surface area contributed by atoms with Crippen molar-refractivity contribution < 1.29 is 14.6 Å². The van der Waals surface area contributed by atoms with Crippen LogP contribution in [0.3, 0.4) is 0 Å². The molecule has 108 valence electrons. The van der Waals surface area contributed by atoms with Crippen molar-refractivity contribution in [2.24, 2.45) is 11.8 Å². The molecule has 1 aliphatic heterocycles. The third-order valence-electron chi connectivity index (χ3n) is 4.32. The van der Waals surface area contributed by atoms with Crippen molar-refractivity contribution in [3.05, 3.63) is 12.3 Å². The number of amides is 1. The van der Waals surface area contributed by atoms with Crippen LogP contribution in [-0.4, -0.2) is 47.6 Å². The lowest BCUT2D eigenvalue weighted by atomic mass is 9.92. The van der Waals surface area contributed by atoms with E-state index in [-0.39, 0.29) is 6.04 Å². The molecule has 0 radical (unpaired) electrons. The third kappa shape index (κ3) is 2.35. The first kappa shape index (κ1) is 13.0. The zero-order chi connectivity index (χ0) is 14.1. The standard InChI is InChI=1S/C13H18N4O3/c1-20-11-4-10(5-14-16-11)17-6-8-2-3-9(7-17)12(8)15-13(18)19/h4-5,8-9,12,15H,2-3,6-7H2,1H3,(H,18,19)/t8-,9+,12?. The third-order valence-corrected chi connectivity index (χ3v) is 4.32. The molecular formula is C13H18N4O3. The molecule has 2 N–H and O–H groups in total. The second-order valence-corrected chi connectivity index (χ2v) is 5.43. The fourth-order valence-corrected chi connectivity index (χ4v) is 3.42. The fourth-order valence-electron chi connectivity index (χ4n) is 3.42. The number of hydrogen-bond acceptors (Lipinski definition) is 5. The van der Waals surface area contributed by atoms with Crippen LogP contribution in [0, 0.1) is 11.8 Å². The fraction of sp³-hybridized carbons (Fsp3) is 0.615. The molecule has 2 aliphatic rings. The maximum absolute atomic E-state index is 10.9. The van der Waals surface area contributed by atoms with Crippen LogP contribution in [0.2, 0.25) is 0 Å². The Labute approximate surface area is 116 Å². The van der Waals surface area contributed by atoms with Gasteiger partial charge in [0.1, 0.15) is 0 Å². The normalized spacial score (nSPS) is 28.2. The SMILES string of the molecule is COc1cc(N2C[C@H]3CC[C@@H](C2)C3NC(=O)O)cnn1. The highest BCUT2D eigenvalue weighted by atomic mass is 16.5. The zero-order valence-electron chi connectivity index (χ0n) is 11.3. The van der Waals surface area contributed by atoms with Gasteiger partial charge in [-0.1, -0.05) is 0 Å². The molecule has 1 saturated heterocycles. The molecule has 20 heavy (non-hydrogen) atoms. The van der Waals surface area contributed by atoms with E-state index in [0.717, 1.165) is 31.6 Å². The Bertz CT molecular complexity index is 496. The minimum atomic E-state index is -0.924. The summed E-state index contributed by atoms with van der Waals surface area (Å²) in [5.74, 6) is 1.23. The molecule has 0 aromatic carbocycles. The van der Waals surface area contributed by atoms with Gasteiger partial charge in [0.05, 0.1) is 19.0 Å². The number of nitrogens with one attached hydrogen (secondary N) is 1. The smallest absolute Gasteiger partial charge is 0.404 e. The van der Waals surface area contributed by atoms with E-state index >= 15 is 0 Å². The van der Waals surface area contributed by atoms with Crippen LogP contribution in [0.5, 0.6) is 5.88 Å². The molecular weight excluding hydrogens is 260 g/mol. The van der Waals surface area contributed by atoms with E-state index in [1.165, 1.54) is 0 Å². The summed E-state index contributed by atoms with van der Waals surface area (Å²) in [5, 5.41) is 19.4. The van der Waals surface area contributed by atoms with Crippen LogP contribution in [0.1, 0.15) is 12.8 Å². The number of anilines is 1. The van der Waals surface area contributed by atoms with E-state index in [0.29, 0.717) is 17.7 Å². The van der Waals surface area contributed by atoms with E-state index in [1.54, 1.807) is 13.3 Å². The molecule has 1 amide bonds. The van der Waals surface area contributed by atoms with Crippen molar-refractivity contribution >= 4 is 11.8 Å². The van der Waals surface area contributed by atoms with E-state index in [1.807, 2.05) is 6.07 Å². The van der Waals surface area contributed by atoms with Crippen LogP contribution < -0.4 is 15.0 Å². The van der Waals surface area contributed by atoms with E-state index in [4.69, 9.17) is 9.84 Å². The van der Waals surface area contributed by atoms with Gasteiger partial charge in [0.15, 0.2) is 0 Å². The number of carbonyl (C=O) groups is 1. The second kappa shape index (κ2) is 5.15. The summed E-state index contributed by atoms with van der Waals surface area (Å²) in [6, 6.07) is 1.96. The van der Waals surface area contributed by atoms with Crippen molar-refractivity contribution in [2.45, 2.75) is 18.9 Å². The number of methoxy groups -OCH3 is 1. The summed E-state index contributed by atoms with van der Waals surface area (Å²) in [4.78, 5) is 13.1. The summed E-state index contributed by atoms with van der Waals surface area (Å²) in [6.45, 7) is 1.69. The number of hydrogen-bond donors (Lipinski definition) is 2. The van der Waals surface area contributed by atoms with Crippen LogP contribution in [0.4, 0.5) is 10.5 Å². The maximum Gasteiger partial charge on any atom is 0.404 e. The van der Waals surface area contributed by atoms with Gasteiger partial charge in [-0.05, 0) is 24.7 Å². The van der Waals surface area contributed by atoms with Crippen LogP contribution in [0.15, 0.2) is 12.3 Å².